The van der Waals surface area contributed by atoms with Crippen LogP contribution in [0, 0.1) is 0 Å². The van der Waals surface area contributed by atoms with Crippen LogP contribution in [0.5, 0.6) is 0 Å². The molecule has 0 spiro atoms. The van der Waals surface area contributed by atoms with Crippen LogP contribution in [0.1, 0.15) is 35.6 Å². The van der Waals surface area contributed by atoms with E-state index in [4.69, 9.17) is 0 Å². The number of benzene rings is 2. The lowest BCUT2D eigenvalue weighted by molar-refractivity contribution is 0.152. The van der Waals surface area contributed by atoms with E-state index in [1.807, 2.05) is 0 Å². The topological polar surface area (TPSA) is 6.48 Å². The normalized spacial score (nSPS) is 20.3. The molecule has 0 N–H and O–H groups in total. The molecular weight excluding hydrogens is 280 g/mol. The second kappa shape index (κ2) is 6.86. The van der Waals surface area contributed by atoms with Crippen molar-refractivity contribution in [3.63, 3.8) is 0 Å². The number of fused-ring (bicyclic) bond motifs is 1. The van der Waals surface area contributed by atoms with Crippen molar-refractivity contribution in [3.05, 3.63) is 71.3 Å². The molecule has 23 heavy (non-hydrogen) atoms. The molecule has 0 aliphatic carbocycles. The summed E-state index contributed by atoms with van der Waals surface area (Å²) in [5, 5.41) is 0. The summed E-state index contributed by atoms with van der Waals surface area (Å²) < 4.78 is 0. The molecule has 2 aliphatic rings. The first-order valence-electron chi connectivity index (χ1n) is 8.98. The van der Waals surface area contributed by atoms with Crippen LogP contribution >= 0.6 is 0 Å². The standard InChI is InChI=1S/C21H26N2/c1-2-9-19(10-3-1)21(23-13-6-7-14-23)17-22-15-12-18-8-4-5-11-20(18)16-22/h1-5,8-11,21H,6-7,12-17H2/t21-/m1/s1. The Bertz CT molecular complexity index is 631. The zero-order valence-corrected chi connectivity index (χ0v) is 13.8. The van der Waals surface area contributed by atoms with E-state index in [-0.39, 0.29) is 0 Å². The van der Waals surface area contributed by atoms with Gasteiger partial charge >= 0.3 is 0 Å². The Morgan fingerprint density at radius 1 is 0.783 bits per heavy atom. The smallest absolute Gasteiger partial charge is 0.0475 e. The maximum atomic E-state index is 2.69. The molecular formula is C21H26N2. The first-order chi connectivity index (χ1) is 11.4. The predicted molar refractivity (Wildman–Crippen MR) is 95.4 cm³/mol. The molecule has 2 nitrogen and oxygen atoms in total. The fourth-order valence-electron chi connectivity index (χ4n) is 4.11. The van der Waals surface area contributed by atoms with E-state index in [0.717, 1.165) is 13.1 Å². The van der Waals surface area contributed by atoms with Gasteiger partial charge in [-0.1, -0.05) is 54.6 Å². The zero-order chi connectivity index (χ0) is 15.5. The first kappa shape index (κ1) is 14.9. The van der Waals surface area contributed by atoms with E-state index in [1.54, 1.807) is 5.56 Å². The molecule has 0 unspecified atom stereocenters. The predicted octanol–water partition coefficient (Wildman–Crippen LogP) is 3.88. The molecule has 0 aromatic heterocycles. The van der Waals surface area contributed by atoms with Crippen LogP contribution in [0.3, 0.4) is 0 Å². The van der Waals surface area contributed by atoms with Gasteiger partial charge in [-0.15, -0.1) is 0 Å². The van der Waals surface area contributed by atoms with Gasteiger partial charge in [0.05, 0.1) is 0 Å². The number of nitrogens with zero attached hydrogens (tertiary/aromatic N) is 2. The van der Waals surface area contributed by atoms with Gasteiger partial charge in [0.15, 0.2) is 0 Å². The number of hydrogen-bond acceptors (Lipinski definition) is 2. The van der Waals surface area contributed by atoms with Crippen molar-refractivity contribution < 1.29 is 0 Å². The van der Waals surface area contributed by atoms with Crippen LogP contribution < -0.4 is 0 Å². The number of hydrogen-bond donors (Lipinski definition) is 0. The highest BCUT2D eigenvalue weighted by Crippen LogP contribution is 2.28. The summed E-state index contributed by atoms with van der Waals surface area (Å²) in [4.78, 5) is 5.34. The second-order valence-corrected chi connectivity index (χ2v) is 6.92. The summed E-state index contributed by atoms with van der Waals surface area (Å²) in [5.74, 6) is 0. The number of likely N-dealkylation sites (tertiary alicyclic amines) is 1. The highest BCUT2D eigenvalue weighted by molar-refractivity contribution is 5.29. The third-order valence-electron chi connectivity index (χ3n) is 5.41. The molecule has 0 amide bonds. The Morgan fingerprint density at radius 2 is 1.48 bits per heavy atom. The van der Waals surface area contributed by atoms with Gasteiger partial charge in [0.25, 0.3) is 0 Å². The van der Waals surface area contributed by atoms with Gasteiger partial charge < -0.3 is 0 Å². The van der Waals surface area contributed by atoms with Gasteiger partial charge in [0.2, 0.25) is 0 Å². The fourth-order valence-corrected chi connectivity index (χ4v) is 4.11. The molecule has 2 aliphatic heterocycles. The summed E-state index contributed by atoms with van der Waals surface area (Å²) in [7, 11) is 0. The molecule has 4 rings (SSSR count). The van der Waals surface area contributed by atoms with Gasteiger partial charge in [-0.2, -0.15) is 0 Å². The third-order valence-corrected chi connectivity index (χ3v) is 5.41. The Labute approximate surface area is 139 Å². The van der Waals surface area contributed by atoms with Crippen molar-refractivity contribution >= 4 is 0 Å². The van der Waals surface area contributed by atoms with E-state index >= 15 is 0 Å². The van der Waals surface area contributed by atoms with Crippen molar-refractivity contribution in [2.75, 3.05) is 26.2 Å². The monoisotopic (exact) mass is 306 g/mol. The molecule has 1 atom stereocenters. The fraction of sp³-hybridized carbons (Fsp3) is 0.429. The molecule has 0 bridgehead atoms. The largest absolute Gasteiger partial charge is 0.297 e. The highest BCUT2D eigenvalue weighted by atomic mass is 15.2. The van der Waals surface area contributed by atoms with E-state index in [0.29, 0.717) is 6.04 Å². The molecule has 1 fully saturated rings. The highest BCUT2D eigenvalue weighted by Gasteiger charge is 2.26. The molecule has 120 valence electrons. The van der Waals surface area contributed by atoms with Crippen LogP contribution in [0.2, 0.25) is 0 Å². The van der Waals surface area contributed by atoms with Crippen LogP contribution in [-0.2, 0) is 13.0 Å². The molecule has 2 aromatic rings. The molecule has 2 aromatic carbocycles. The Balaban J connectivity index is 1.52. The van der Waals surface area contributed by atoms with E-state index in [2.05, 4.69) is 64.4 Å². The van der Waals surface area contributed by atoms with Crippen molar-refractivity contribution in [2.45, 2.75) is 31.8 Å². The Hall–Kier alpha value is -1.64. The van der Waals surface area contributed by atoms with Crippen LogP contribution in [0.25, 0.3) is 0 Å². The van der Waals surface area contributed by atoms with Crippen LogP contribution in [0.4, 0.5) is 0 Å². The summed E-state index contributed by atoms with van der Waals surface area (Å²) in [6.07, 6.45) is 3.90. The average Bonchev–Trinajstić information content (AvgIpc) is 3.14. The quantitative estimate of drug-likeness (QED) is 0.846. The minimum Gasteiger partial charge on any atom is -0.297 e. The van der Waals surface area contributed by atoms with Gasteiger partial charge in [-0.05, 0) is 49.0 Å². The SMILES string of the molecule is c1ccc([C@@H](CN2CCc3ccccc3C2)N2CCCC2)cc1. The molecule has 1 saturated heterocycles. The van der Waals surface area contributed by atoms with E-state index in [1.165, 1.54) is 50.0 Å². The summed E-state index contributed by atoms with van der Waals surface area (Å²) in [5.41, 5.74) is 4.54. The zero-order valence-electron chi connectivity index (χ0n) is 13.8. The van der Waals surface area contributed by atoms with Crippen molar-refractivity contribution in [1.29, 1.82) is 0 Å². The van der Waals surface area contributed by atoms with E-state index < -0.39 is 0 Å². The van der Waals surface area contributed by atoms with Gasteiger partial charge in [0.1, 0.15) is 0 Å². The maximum Gasteiger partial charge on any atom is 0.0475 e. The molecule has 0 saturated carbocycles. The number of rotatable bonds is 4. The van der Waals surface area contributed by atoms with Crippen LogP contribution in [0.15, 0.2) is 54.6 Å². The second-order valence-electron chi connectivity index (χ2n) is 6.92. The van der Waals surface area contributed by atoms with Crippen LogP contribution in [-0.4, -0.2) is 36.0 Å². The lowest BCUT2D eigenvalue weighted by Gasteiger charge is -2.36. The lowest BCUT2D eigenvalue weighted by Crippen LogP contribution is -2.39. The summed E-state index contributed by atoms with van der Waals surface area (Å²) >= 11 is 0. The first-order valence-corrected chi connectivity index (χ1v) is 8.98. The third kappa shape index (κ3) is 3.34. The molecule has 0 radical (unpaired) electrons. The molecule has 2 heterocycles. The Morgan fingerprint density at radius 3 is 2.26 bits per heavy atom. The Kier molecular flexibility index (Phi) is 4.45. The maximum absolute atomic E-state index is 2.69. The average molecular weight is 306 g/mol. The van der Waals surface area contributed by atoms with Gasteiger partial charge in [0, 0.05) is 25.7 Å². The van der Waals surface area contributed by atoms with Gasteiger partial charge in [-0.25, -0.2) is 0 Å². The minimum absolute atomic E-state index is 0.545. The summed E-state index contributed by atoms with van der Waals surface area (Å²) in [6, 6.07) is 20.6. The van der Waals surface area contributed by atoms with Crippen molar-refractivity contribution in [3.8, 4) is 0 Å². The minimum atomic E-state index is 0.545. The van der Waals surface area contributed by atoms with Crippen molar-refractivity contribution in [2.24, 2.45) is 0 Å². The van der Waals surface area contributed by atoms with Gasteiger partial charge in [-0.3, -0.25) is 9.80 Å². The lowest BCUT2D eigenvalue weighted by atomic mass is 9.98. The summed E-state index contributed by atoms with van der Waals surface area (Å²) in [6.45, 7) is 5.95. The van der Waals surface area contributed by atoms with Crippen molar-refractivity contribution in [1.82, 2.24) is 9.80 Å². The molecule has 2 heteroatoms. The van der Waals surface area contributed by atoms with E-state index in [9.17, 15) is 0 Å².